The predicted molar refractivity (Wildman–Crippen MR) is 42.8 cm³/mol. The Labute approximate surface area is 62.0 Å². The molecule has 0 saturated carbocycles. The fourth-order valence-electron chi connectivity index (χ4n) is 0.912. The molecular weight excluding hydrogens is 150 g/mol. The van der Waals surface area contributed by atoms with E-state index in [1.807, 2.05) is 27.8 Å². The Morgan fingerprint density at radius 2 is 2.56 bits per heavy atom. The monoisotopic (exact) mass is 157 g/mol. The lowest BCUT2D eigenvalue weighted by atomic mass is 10.3. The summed E-state index contributed by atoms with van der Waals surface area (Å²) in [4.78, 5) is 4.65. The zero-order valence-corrected chi connectivity index (χ0v) is 6.52. The van der Waals surface area contributed by atoms with Crippen molar-refractivity contribution in [3.63, 3.8) is 0 Å². The van der Waals surface area contributed by atoms with E-state index < -0.39 is 0 Å². The normalized spacial score (nSPS) is 17.3. The molecule has 3 heteroatoms. The molecule has 48 valence electrons. The van der Waals surface area contributed by atoms with Crippen LogP contribution < -0.4 is 0 Å². The van der Waals surface area contributed by atoms with Crippen molar-refractivity contribution >= 4 is 21.6 Å². The lowest BCUT2D eigenvalue weighted by molar-refractivity contribution is 1.03. The van der Waals surface area contributed by atoms with E-state index >= 15 is 0 Å². The third-order valence-electron chi connectivity index (χ3n) is 1.37. The number of rotatable bonds is 0. The summed E-state index contributed by atoms with van der Waals surface area (Å²) in [6, 6.07) is 2.14. The van der Waals surface area contributed by atoms with Crippen LogP contribution in [0.3, 0.4) is 0 Å². The highest BCUT2D eigenvalue weighted by Gasteiger charge is 2.09. The van der Waals surface area contributed by atoms with E-state index in [0.29, 0.717) is 0 Å². The minimum atomic E-state index is 1.21. The van der Waals surface area contributed by atoms with E-state index in [1.54, 1.807) is 0 Å². The van der Waals surface area contributed by atoms with Crippen molar-refractivity contribution in [2.75, 3.05) is 5.75 Å². The van der Waals surface area contributed by atoms with Crippen LogP contribution in [-0.4, -0.2) is 10.7 Å². The SMILES string of the molecule is c1cc2c([nH]1)CCSS2. The van der Waals surface area contributed by atoms with Crippen molar-refractivity contribution < 1.29 is 0 Å². The van der Waals surface area contributed by atoms with Gasteiger partial charge in [-0.3, -0.25) is 0 Å². The van der Waals surface area contributed by atoms with Crippen LogP contribution in [0.15, 0.2) is 17.2 Å². The van der Waals surface area contributed by atoms with Gasteiger partial charge >= 0.3 is 0 Å². The first-order valence-corrected chi connectivity index (χ1v) is 5.24. The quantitative estimate of drug-likeness (QED) is 0.582. The summed E-state index contributed by atoms with van der Waals surface area (Å²) >= 11 is 0. The van der Waals surface area contributed by atoms with E-state index in [2.05, 4.69) is 11.1 Å². The molecule has 1 aliphatic rings. The van der Waals surface area contributed by atoms with E-state index in [1.165, 1.54) is 22.8 Å². The summed E-state index contributed by atoms with van der Waals surface area (Å²) in [5.41, 5.74) is 1.42. The molecule has 2 heterocycles. The Morgan fingerprint density at radius 1 is 1.56 bits per heavy atom. The Kier molecular flexibility index (Phi) is 1.47. The predicted octanol–water partition coefficient (Wildman–Crippen LogP) is 2.31. The second-order valence-electron chi connectivity index (χ2n) is 1.98. The highest BCUT2D eigenvalue weighted by Crippen LogP contribution is 2.37. The second kappa shape index (κ2) is 2.31. The van der Waals surface area contributed by atoms with Crippen molar-refractivity contribution in [2.45, 2.75) is 11.3 Å². The summed E-state index contributed by atoms with van der Waals surface area (Å²) in [5, 5.41) is 0. The van der Waals surface area contributed by atoms with Gasteiger partial charge in [0.15, 0.2) is 0 Å². The van der Waals surface area contributed by atoms with Gasteiger partial charge in [0, 0.05) is 22.5 Å². The molecule has 2 rings (SSSR count). The lowest BCUT2D eigenvalue weighted by Gasteiger charge is -2.07. The molecular formula is C6H7NS2. The van der Waals surface area contributed by atoms with Crippen molar-refractivity contribution in [2.24, 2.45) is 0 Å². The molecule has 0 amide bonds. The summed E-state index contributed by atoms with van der Waals surface area (Å²) < 4.78 is 0. The molecule has 1 aliphatic heterocycles. The zero-order valence-electron chi connectivity index (χ0n) is 4.89. The van der Waals surface area contributed by atoms with Crippen LogP contribution >= 0.6 is 21.6 Å². The number of fused-ring (bicyclic) bond motifs is 1. The summed E-state index contributed by atoms with van der Waals surface area (Å²) in [6.07, 6.45) is 3.23. The minimum absolute atomic E-state index is 1.21. The summed E-state index contributed by atoms with van der Waals surface area (Å²) in [6.45, 7) is 0. The van der Waals surface area contributed by atoms with Crippen LogP contribution in [0.2, 0.25) is 0 Å². The molecule has 1 nitrogen and oxygen atoms in total. The van der Waals surface area contributed by atoms with Gasteiger partial charge in [0.05, 0.1) is 0 Å². The molecule has 0 unspecified atom stereocenters. The lowest BCUT2D eigenvalue weighted by Crippen LogP contribution is -1.92. The number of aryl methyl sites for hydroxylation is 1. The molecule has 1 aromatic heterocycles. The molecule has 0 aliphatic carbocycles. The minimum Gasteiger partial charge on any atom is -0.364 e. The van der Waals surface area contributed by atoms with Gasteiger partial charge in [-0.15, -0.1) is 0 Å². The smallest absolute Gasteiger partial charge is 0.0390 e. The Balaban J connectivity index is 2.39. The largest absolute Gasteiger partial charge is 0.364 e. The first kappa shape index (κ1) is 5.74. The topological polar surface area (TPSA) is 15.8 Å². The van der Waals surface area contributed by atoms with Crippen LogP contribution in [0.1, 0.15) is 5.69 Å². The van der Waals surface area contributed by atoms with Crippen molar-refractivity contribution in [3.05, 3.63) is 18.0 Å². The van der Waals surface area contributed by atoms with Crippen LogP contribution in [0.4, 0.5) is 0 Å². The Morgan fingerprint density at radius 3 is 3.44 bits per heavy atom. The van der Waals surface area contributed by atoms with Crippen LogP contribution in [0.5, 0.6) is 0 Å². The van der Waals surface area contributed by atoms with Gasteiger partial charge in [-0.1, -0.05) is 21.6 Å². The number of nitrogens with one attached hydrogen (secondary N) is 1. The highest BCUT2D eigenvalue weighted by molar-refractivity contribution is 8.76. The highest BCUT2D eigenvalue weighted by atomic mass is 33.1. The van der Waals surface area contributed by atoms with Gasteiger partial charge in [0.25, 0.3) is 0 Å². The maximum Gasteiger partial charge on any atom is 0.0390 e. The standard InChI is InChI=1S/C6H7NS2/c1-3-7-5-2-4-8-9-6(1)5/h1,3,7H,2,4H2. The maximum absolute atomic E-state index is 3.22. The number of aromatic amines is 1. The Hall–Kier alpha value is -0.0200. The second-order valence-corrected chi connectivity index (χ2v) is 4.43. The third-order valence-corrected chi connectivity index (χ3v) is 3.82. The van der Waals surface area contributed by atoms with E-state index in [9.17, 15) is 0 Å². The average molecular weight is 157 g/mol. The summed E-state index contributed by atoms with van der Waals surface area (Å²) in [7, 11) is 3.82. The van der Waals surface area contributed by atoms with Gasteiger partial charge in [-0.05, 0) is 12.5 Å². The molecule has 0 fully saturated rings. The fourth-order valence-corrected chi connectivity index (χ4v) is 3.14. The van der Waals surface area contributed by atoms with Crippen LogP contribution in [0, 0.1) is 0 Å². The molecule has 0 aromatic carbocycles. The van der Waals surface area contributed by atoms with Gasteiger partial charge in [0.2, 0.25) is 0 Å². The summed E-state index contributed by atoms with van der Waals surface area (Å²) in [5.74, 6) is 1.25. The van der Waals surface area contributed by atoms with E-state index in [4.69, 9.17) is 0 Å². The number of hydrogen-bond acceptors (Lipinski definition) is 2. The zero-order chi connectivity index (χ0) is 6.10. The Bertz CT molecular complexity index is 186. The molecule has 1 N–H and O–H groups in total. The molecule has 0 bridgehead atoms. The third kappa shape index (κ3) is 0.990. The number of hydrogen-bond donors (Lipinski definition) is 1. The molecule has 0 radical (unpaired) electrons. The van der Waals surface area contributed by atoms with Gasteiger partial charge in [0.1, 0.15) is 0 Å². The van der Waals surface area contributed by atoms with Crippen molar-refractivity contribution in [1.29, 1.82) is 0 Å². The average Bonchev–Trinajstić information content (AvgIpc) is 2.33. The van der Waals surface area contributed by atoms with Crippen LogP contribution in [0.25, 0.3) is 0 Å². The van der Waals surface area contributed by atoms with Gasteiger partial charge in [-0.25, -0.2) is 0 Å². The fraction of sp³-hybridized carbons (Fsp3) is 0.333. The van der Waals surface area contributed by atoms with Crippen molar-refractivity contribution in [1.82, 2.24) is 4.98 Å². The first-order valence-electron chi connectivity index (χ1n) is 2.92. The molecule has 0 spiro atoms. The van der Waals surface area contributed by atoms with Crippen LogP contribution in [-0.2, 0) is 6.42 Å². The van der Waals surface area contributed by atoms with Gasteiger partial charge in [-0.2, -0.15) is 0 Å². The molecule has 1 aromatic rings. The van der Waals surface area contributed by atoms with Gasteiger partial charge < -0.3 is 4.98 Å². The van der Waals surface area contributed by atoms with E-state index in [0.717, 1.165) is 0 Å². The maximum atomic E-state index is 3.22. The molecule has 0 atom stereocenters. The van der Waals surface area contributed by atoms with E-state index in [-0.39, 0.29) is 0 Å². The molecule has 0 saturated heterocycles. The number of aromatic nitrogens is 1. The van der Waals surface area contributed by atoms with Crippen molar-refractivity contribution in [3.8, 4) is 0 Å². The first-order chi connectivity index (χ1) is 4.47. The number of H-pyrrole nitrogens is 1. The molecule has 9 heavy (non-hydrogen) atoms.